The summed E-state index contributed by atoms with van der Waals surface area (Å²) >= 11 is 3.48. The third-order valence-corrected chi connectivity index (χ3v) is 4.07. The van der Waals surface area contributed by atoms with Gasteiger partial charge < -0.3 is 5.32 Å². The topological polar surface area (TPSA) is 29.1 Å². The van der Waals surface area contributed by atoms with E-state index in [0.29, 0.717) is 5.92 Å². The van der Waals surface area contributed by atoms with Crippen molar-refractivity contribution in [3.8, 4) is 0 Å². The van der Waals surface area contributed by atoms with Crippen molar-refractivity contribution in [2.24, 2.45) is 5.92 Å². The van der Waals surface area contributed by atoms with E-state index in [-0.39, 0.29) is 11.8 Å². The van der Waals surface area contributed by atoms with Gasteiger partial charge in [0.2, 0.25) is 5.91 Å². The van der Waals surface area contributed by atoms with Crippen molar-refractivity contribution < 1.29 is 4.79 Å². The van der Waals surface area contributed by atoms with E-state index in [1.165, 1.54) is 5.56 Å². The minimum Gasteiger partial charge on any atom is -0.325 e. The molecule has 0 saturated heterocycles. The first-order valence-electron chi connectivity index (χ1n) is 4.78. The monoisotopic (exact) mass is 251 g/mol. The Balaban J connectivity index is 2.21. The van der Waals surface area contributed by atoms with E-state index in [1.54, 1.807) is 0 Å². The molecular formula is C11H10BrNO. The third-order valence-electron chi connectivity index (χ3n) is 3.21. The Morgan fingerprint density at radius 2 is 2.21 bits per heavy atom. The first-order chi connectivity index (χ1) is 6.68. The van der Waals surface area contributed by atoms with Crippen molar-refractivity contribution in [3.05, 3.63) is 27.7 Å². The molecule has 1 aromatic carbocycles. The maximum atomic E-state index is 11.5. The second-order valence-electron chi connectivity index (χ2n) is 4.07. The van der Waals surface area contributed by atoms with Gasteiger partial charge in [-0.2, -0.15) is 0 Å². The van der Waals surface area contributed by atoms with Crippen LogP contribution in [-0.4, -0.2) is 5.91 Å². The fourth-order valence-electron chi connectivity index (χ4n) is 2.23. The molecule has 1 saturated carbocycles. The van der Waals surface area contributed by atoms with Gasteiger partial charge in [-0.05, 0) is 36.5 Å². The van der Waals surface area contributed by atoms with Gasteiger partial charge >= 0.3 is 0 Å². The number of rotatable bonds is 0. The van der Waals surface area contributed by atoms with E-state index in [2.05, 4.69) is 33.4 Å². The highest BCUT2D eigenvalue weighted by Gasteiger charge is 2.48. The molecule has 1 aliphatic heterocycles. The van der Waals surface area contributed by atoms with Crippen LogP contribution in [0.2, 0.25) is 0 Å². The Labute approximate surface area is 90.8 Å². The number of anilines is 1. The zero-order valence-corrected chi connectivity index (χ0v) is 9.39. The number of carbonyl (C=O) groups excluding carboxylic acids is 1. The van der Waals surface area contributed by atoms with Crippen molar-refractivity contribution in [1.82, 2.24) is 0 Å². The largest absolute Gasteiger partial charge is 0.325 e. The molecule has 1 heterocycles. The Morgan fingerprint density at radius 1 is 1.43 bits per heavy atom. The van der Waals surface area contributed by atoms with E-state index in [0.717, 1.165) is 22.1 Å². The van der Waals surface area contributed by atoms with Crippen molar-refractivity contribution in [2.45, 2.75) is 19.3 Å². The molecule has 3 rings (SSSR count). The van der Waals surface area contributed by atoms with Gasteiger partial charge in [0.25, 0.3) is 0 Å². The molecule has 72 valence electrons. The SMILES string of the molecule is Cc1c(Br)ccc2c1NC(=O)C1CC21. The van der Waals surface area contributed by atoms with E-state index in [1.807, 2.05) is 6.92 Å². The van der Waals surface area contributed by atoms with Gasteiger partial charge in [-0.15, -0.1) is 0 Å². The van der Waals surface area contributed by atoms with E-state index >= 15 is 0 Å². The first-order valence-corrected chi connectivity index (χ1v) is 5.57. The molecular weight excluding hydrogens is 242 g/mol. The van der Waals surface area contributed by atoms with Crippen molar-refractivity contribution in [2.75, 3.05) is 5.32 Å². The number of benzene rings is 1. The maximum Gasteiger partial charge on any atom is 0.228 e. The van der Waals surface area contributed by atoms with Crippen LogP contribution in [0.15, 0.2) is 16.6 Å². The van der Waals surface area contributed by atoms with Crippen LogP contribution in [0, 0.1) is 12.8 Å². The average molecular weight is 252 g/mol. The highest BCUT2D eigenvalue weighted by Crippen LogP contribution is 2.54. The summed E-state index contributed by atoms with van der Waals surface area (Å²) in [5.41, 5.74) is 3.49. The number of carbonyl (C=O) groups is 1. The van der Waals surface area contributed by atoms with Gasteiger partial charge in [-0.3, -0.25) is 4.79 Å². The van der Waals surface area contributed by atoms with Gasteiger partial charge in [0.05, 0.1) is 0 Å². The third kappa shape index (κ3) is 0.989. The minimum absolute atomic E-state index is 0.198. The minimum atomic E-state index is 0.198. The molecule has 0 radical (unpaired) electrons. The Morgan fingerprint density at radius 3 is 3.00 bits per heavy atom. The van der Waals surface area contributed by atoms with Crippen molar-refractivity contribution >= 4 is 27.5 Å². The number of halogens is 1. The predicted octanol–water partition coefficient (Wildman–Crippen LogP) is 2.81. The Hall–Kier alpha value is -0.830. The summed E-state index contributed by atoms with van der Waals surface area (Å²) in [7, 11) is 0. The molecule has 1 aromatic rings. The molecule has 14 heavy (non-hydrogen) atoms. The summed E-state index contributed by atoms with van der Waals surface area (Å²) in [6.45, 7) is 2.03. The van der Waals surface area contributed by atoms with Gasteiger partial charge in [0, 0.05) is 16.1 Å². The highest BCUT2D eigenvalue weighted by molar-refractivity contribution is 9.10. The molecule has 1 amide bonds. The van der Waals surface area contributed by atoms with Gasteiger partial charge in [0.15, 0.2) is 0 Å². The molecule has 0 bridgehead atoms. The quantitative estimate of drug-likeness (QED) is 0.755. The predicted molar refractivity (Wildman–Crippen MR) is 58.4 cm³/mol. The molecule has 0 aromatic heterocycles. The number of fused-ring (bicyclic) bond motifs is 3. The molecule has 1 N–H and O–H groups in total. The van der Waals surface area contributed by atoms with Crippen LogP contribution in [0.1, 0.15) is 23.5 Å². The van der Waals surface area contributed by atoms with Crippen LogP contribution in [0.3, 0.4) is 0 Å². The van der Waals surface area contributed by atoms with Crippen LogP contribution in [0.4, 0.5) is 5.69 Å². The van der Waals surface area contributed by atoms with Gasteiger partial charge in [-0.1, -0.05) is 22.0 Å². The molecule has 2 unspecified atom stereocenters. The smallest absolute Gasteiger partial charge is 0.228 e. The molecule has 2 nitrogen and oxygen atoms in total. The summed E-state index contributed by atoms with van der Waals surface area (Å²) in [4.78, 5) is 11.5. The number of amides is 1. The Kier molecular flexibility index (Phi) is 1.57. The zero-order chi connectivity index (χ0) is 9.87. The lowest BCUT2D eigenvalue weighted by Gasteiger charge is -2.19. The summed E-state index contributed by atoms with van der Waals surface area (Å²) in [5, 5.41) is 2.99. The van der Waals surface area contributed by atoms with E-state index < -0.39 is 0 Å². The molecule has 1 aliphatic carbocycles. The summed E-state index contributed by atoms with van der Waals surface area (Å²) < 4.78 is 1.07. The first kappa shape index (κ1) is 8.48. The maximum absolute atomic E-state index is 11.5. The summed E-state index contributed by atoms with van der Waals surface area (Å²) in [6.07, 6.45) is 1.03. The second kappa shape index (κ2) is 2.60. The fraction of sp³-hybridized carbons (Fsp3) is 0.364. The Bertz CT molecular complexity index is 441. The van der Waals surface area contributed by atoms with Crippen molar-refractivity contribution in [3.63, 3.8) is 0 Å². The van der Waals surface area contributed by atoms with Crippen LogP contribution in [0.5, 0.6) is 0 Å². The van der Waals surface area contributed by atoms with E-state index in [4.69, 9.17) is 0 Å². The second-order valence-corrected chi connectivity index (χ2v) is 4.93. The summed E-state index contributed by atoms with van der Waals surface area (Å²) in [6, 6.07) is 4.19. The lowest BCUT2D eigenvalue weighted by atomic mass is 9.99. The lowest BCUT2D eigenvalue weighted by Crippen LogP contribution is -2.20. The van der Waals surface area contributed by atoms with E-state index in [9.17, 15) is 4.79 Å². The summed E-state index contributed by atoms with van der Waals surface area (Å²) in [5.74, 6) is 0.942. The average Bonchev–Trinajstić information content (AvgIpc) is 2.93. The van der Waals surface area contributed by atoms with Crippen LogP contribution in [0.25, 0.3) is 0 Å². The molecule has 2 atom stereocenters. The van der Waals surface area contributed by atoms with Gasteiger partial charge in [0.1, 0.15) is 0 Å². The van der Waals surface area contributed by atoms with Gasteiger partial charge in [-0.25, -0.2) is 0 Å². The standard InChI is InChI=1S/C11H10BrNO/c1-5-9(12)3-2-6-7-4-8(7)11(14)13-10(5)6/h2-3,7-8H,4H2,1H3,(H,13,14). The number of hydrogen-bond donors (Lipinski definition) is 1. The van der Waals surface area contributed by atoms with Crippen LogP contribution < -0.4 is 5.32 Å². The zero-order valence-electron chi connectivity index (χ0n) is 7.80. The molecule has 3 heteroatoms. The molecule has 0 spiro atoms. The van der Waals surface area contributed by atoms with Crippen LogP contribution in [-0.2, 0) is 4.79 Å². The van der Waals surface area contributed by atoms with Crippen molar-refractivity contribution in [1.29, 1.82) is 0 Å². The number of nitrogens with one attached hydrogen (secondary N) is 1. The molecule has 2 aliphatic rings. The van der Waals surface area contributed by atoms with Crippen LogP contribution >= 0.6 is 15.9 Å². The number of hydrogen-bond acceptors (Lipinski definition) is 1. The normalized spacial score (nSPS) is 27.7. The lowest BCUT2D eigenvalue weighted by molar-refractivity contribution is -0.117. The fourth-order valence-corrected chi connectivity index (χ4v) is 2.56. The highest BCUT2D eigenvalue weighted by atomic mass is 79.9. The molecule has 1 fully saturated rings.